The maximum atomic E-state index is 10.6. The van der Waals surface area contributed by atoms with Crippen molar-refractivity contribution in [1.82, 2.24) is 0 Å². The summed E-state index contributed by atoms with van der Waals surface area (Å²) in [5.74, 6) is 1.08. The SMILES string of the molecule is O=NCc1c(O)c(Br)cc2oc3c(c12)CCCC3. The lowest BCUT2D eigenvalue weighted by Crippen LogP contribution is -1.99. The van der Waals surface area contributed by atoms with Crippen LogP contribution >= 0.6 is 15.9 Å². The third kappa shape index (κ3) is 1.65. The Morgan fingerprint density at radius 2 is 2.17 bits per heavy atom. The van der Waals surface area contributed by atoms with Crippen LogP contribution < -0.4 is 0 Å². The Labute approximate surface area is 112 Å². The van der Waals surface area contributed by atoms with Gasteiger partial charge >= 0.3 is 0 Å². The van der Waals surface area contributed by atoms with Crippen LogP contribution in [-0.2, 0) is 19.4 Å². The molecule has 0 radical (unpaired) electrons. The van der Waals surface area contributed by atoms with Crippen LogP contribution in [-0.4, -0.2) is 5.11 Å². The third-order valence-electron chi connectivity index (χ3n) is 3.49. The molecular weight excluding hydrogens is 298 g/mol. The molecule has 0 aliphatic heterocycles. The second-order valence-electron chi connectivity index (χ2n) is 4.56. The number of hydrogen-bond donors (Lipinski definition) is 1. The van der Waals surface area contributed by atoms with Crippen LogP contribution in [0, 0.1) is 4.91 Å². The van der Waals surface area contributed by atoms with Crippen molar-refractivity contribution in [3.8, 4) is 5.75 Å². The van der Waals surface area contributed by atoms with Gasteiger partial charge < -0.3 is 9.52 Å². The minimum absolute atomic E-state index is 0.0340. The highest BCUT2D eigenvalue weighted by Crippen LogP contribution is 2.41. The first-order valence-electron chi connectivity index (χ1n) is 5.96. The normalized spacial score (nSPS) is 14.7. The Kier molecular flexibility index (Phi) is 2.86. The Balaban J connectivity index is 2.36. The van der Waals surface area contributed by atoms with Crippen molar-refractivity contribution in [1.29, 1.82) is 0 Å². The molecule has 1 N–H and O–H groups in total. The monoisotopic (exact) mass is 309 g/mol. The topological polar surface area (TPSA) is 62.8 Å². The minimum Gasteiger partial charge on any atom is -0.506 e. The minimum atomic E-state index is -0.0340. The van der Waals surface area contributed by atoms with E-state index in [2.05, 4.69) is 21.1 Å². The fourth-order valence-electron chi connectivity index (χ4n) is 2.68. The van der Waals surface area contributed by atoms with Gasteiger partial charge in [0.2, 0.25) is 0 Å². The lowest BCUT2D eigenvalue weighted by molar-refractivity contribution is 0.465. The van der Waals surface area contributed by atoms with Gasteiger partial charge in [-0.3, -0.25) is 0 Å². The summed E-state index contributed by atoms with van der Waals surface area (Å²) in [6.45, 7) is -0.0340. The number of furan rings is 1. The number of aromatic hydroxyl groups is 1. The molecule has 0 unspecified atom stereocenters. The number of hydrogen-bond acceptors (Lipinski definition) is 4. The van der Waals surface area contributed by atoms with Crippen LogP contribution in [0.5, 0.6) is 5.75 Å². The average molecular weight is 310 g/mol. The highest BCUT2D eigenvalue weighted by Gasteiger charge is 2.23. The van der Waals surface area contributed by atoms with E-state index in [0.717, 1.165) is 48.0 Å². The molecule has 1 heterocycles. The summed E-state index contributed by atoms with van der Waals surface area (Å²) in [6.07, 6.45) is 4.11. The molecule has 0 saturated heterocycles. The van der Waals surface area contributed by atoms with E-state index in [0.29, 0.717) is 10.0 Å². The molecule has 0 spiro atoms. The second kappa shape index (κ2) is 4.39. The number of halogens is 1. The van der Waals surface area contributed by atoms with Crippen LogP contribution in [0.25, 0.3) is 11.0 Å². The summed E-state index contributed by atoms with van der Waals surface area (Å²) in [5.41, 5.74) is 2.43. The molecule has 4 nitrogen and oxygen atoms in total. The van der Waals surface area contributed by atoms with Crippen molar-refractivity contribution in [3.63, 3.8) is 0 Å². The Bertz CT molecular complexity index is 633. The van der Waals surface area contributed by atoms with E-state index in [9.17, 15) is 10.0 Å². The number of phenolic OH excluding ortho intramolecular Hbond substituents is 1. The molecule has 0 fully saturated rings. The summed E-state index contributed by atoms with van der Waals surface area (Å²) in [7, 11) is 0. The number of rotatable bonds is 2. The zero-order valence-corrected chi connectivity index (χ0v) is 11.3. The molecule has 94 valence electrons. The fraction of sp³-hybridized carbons (Fsp3) is 0.385. The molecule has 2 aromatic rings. The molecule has 0 saturated carbocycles. The van der Waals surface area contributed by atoms with E-state index in [4.69, 9.17) is 4.42 Å². The molecule has 0 atom stereocenters. The zero-order valence-electron chi connectivity index (χ0n) is 9.70. The zero-order chi connectivity index (χ0) is 12.7. The lowest BCUT2D eigenvalue weighted by atomic mass is 9.93. The van der Waals surface area contributed by atoms with Crippen molar-refractivity contribution in [2.45, 2.75) is 32.2 Å². The number of phenols is 1. The summed E-state index contributed by atoms with van der Waals surface area (Å²) in [5, 5.41) is 13.9. The first-order chi connectivity index (χ1) is 8.72. The lowest BCUT2D eigenvalue weighted by Gasteiger charge is -2.10. The largest absolute Gasteiger partial charge is 0.506 e. The Morgan fingerprint density at radius 3 is 2.94 bits per heavy atom. The van der Waals surface area contributed by atoms with Crippen LogP contribution in [0.2, 0.25) is 0 Å². The molecule has 1 aromatic heterocycles. The summed E-state index contributed by atoms with van der Waals surface area (Å²) in [6, 6.07) is 1.76. The van der Waals surface area contributed by atoms with Crippen LogP contribution in [0.1, 0.15) is 29.7 Å². The van der Waals surface area contributed by atoms with E-state index in [-0.39, 0.29) is 12.3 Å². The van der Waals surface area contributed by atoms with Gasteiger partial charge in [0.1, 0.15) is 23.6 Å². The highest BCUT2D eigenvalue weighted by molar-refractivity contribution is 9.10. The molecule has 1 aliphatic carbocycles. The van der Waals surface area contributed by atoms with Crippen LogP contribution in [0.4, 0.5) is 0 Å². The smallest absolute Gasteiger partial charge is 0.136 e. The molecule has 5 heteroatoms. The van der Waals surface area contributed by atoms with E-state index < -0.39 is 0 Å². The van der Waals surface area contributed by atoms with E-state index in [1.54, 1.807) is 6.07 Å². The first-order valence-corrected chi connectivity index (χ1v) is 6.75. The number of aryl methyl sites for hydroxylation is 2. The maximum Gasteiger partial charge on any atom is 0.136 e. The predicted molar refractivity (Wildman–Crippen MR) is 71.7 cm³/mol. The number of fused-ring (bicyclic) bond motifs is 3. The average Bonchev–Trinajstić information content (AvgIpc) is 2.72. The van der Waals surface area contributed by atoms with Gasteiger partial charge in [0, 0.05) is 22.9 Å². The van der Waals surface area contributed by atoms with Gasteiger partial charge in [0.05, 0.1) is 4.47 Å². The predicted octanol–water partition coefficient (Wildman–Crippen LogP) is 4.05. The third-order valence-corrected chi connectivity index (χ3v) is 4.10. The number of nitrogens with zero attached hydrogens (tertiary/aromatic N) is 1. The van der Waals surface area contributed by atoms with E-state index in [1.165, 1.54) is 0 Å². The van der Waals surface area contributed by atoms with Crippen molar-refractivity contribution < 1.29 is 9.52 Å². The number of benzene rings is 1. The summed E-state index contributed by atoms with van der Waals surface area (Å²) < 4.78 is 6.37. The second-order valence-corrected chi connectivity index (χ2v) is 5.41. The van der Waals surface area contributed by atoms with Gasteiger partial charge in [-0.15, -0.1) is 0 Å². The molecule has 0 bridgehead atoms. The highest BCUT2D eigenvalue weighted by atomic mass is 79.9. The molecule has 18 heavy (non-hydrogen) atoms. The molecular formula is C13H12BrNO3. The maximum absolute atomic E-state index is 10.6. The number of nitroso groups, excluding NO2 is 1. The van der Waals surface area contributed by atoms with Crippen LogP contribution in [0.3, 0.4) is 0 Å². The van der Waals surface area contributed by atoms with Gasteiger partial charge in [-0.2, -0.15) is 4.91 Å². The van der Waals surface area contributed by atoms with E-state index in [1.807, 2.05) is 0 Å². The first kappa shape index (κ1) is 11.7. The molecule has 3 rings (SSSR count). The molecule has 1 aliphatic rings. The summed E-state index contributed by atoms with van der Waals surface area (Å²) >= 11 is 3.28. The van der Waals surface area contributed by atoms with Crippen molar-refractivity contribution in [2.24, 2.45) is 5.18 Å². The molecule has 0 amide bonds. The van der Waals surface area contributed by atoms with Gasteiger partial charge in [-0.25, -0.2) is 0 Å². The van der Waals surface area contributed by atoms with Crippen LogP contribution in [0.15, 0.2) is 20.1 Å². The fourth-order valence-corrected chi connectivity index (χ4v) is 3.13. The van der Waals surface area contributed by atoms with Crippen molar-refractivity contribution >= 4 is 26.9 Å². The van der Waals surface area contributed by atoms with Gasteiger partial charge in [-0.05, 0) is 41.3 Å². The van der Waals surface area contributed by atoms with Gasteiger partial charge in [-0.1, -0.05) is 5.18 Å². The van der Waals surface area contributed by atoms with Gasteiger partial charge in [0.15, 0.2) is 0 Å². The van der Waals surface area contributed by atoms with Crippen molar-refractivity contribution in [3.05, 3.63) is 32.3 Å². The van der Waals surface area contributed by atoms with E-state index >= 15 is 0 Å². The summed E-state index contributed by atoms with van der Waals surface area (Å²) in [4.78, 5) is 10.6. The molecule has 1 aromatic carbocycles. The Hall–Kier alpha value is -1.36. The quantitative estimate of drug-likeness (QED) is 0.851. The van der Waals surface area contributed by atoms with Crippen molar-refractivity contribution in [2.75, 3.05) is 0 Å². The van der Waals surface area contributed by atoms with Gasteiger partial charge in [0.25, 0.3) is 0 Å². The standard InChI is InChI=1S/C13H12BrNO3/c14-9-5-11-12(8(6-15-17)13(9)16)7-3-1-2-4-10(7)18-11/h5,16H,1-4,6H2. The Morgan fingerprint density at radius 1 is 1.39 bits per heavy atom.